The number of nitrogens with zero attached hydrogens (tertiary/aromatic N) is 3. The molecule has 0 fully saturated rings. The van der Waals surface area contributed by atoms with Crippen LogP contribution in [0.2, 0.25) is 5.15 Å². The highest BCUT2D eigenvalue weighted by atomic mass is 35.5. The molecular formula is C4HClN3OS+. The number of hydrogen-bond acceptors (Lipinski definition) is 4. The minimum absolute atomic E-state index is 0.0767. The molecule has 0 amide bonds. The van der Waals surface area contributed by atoms with E-state index in [4.69, 9.17) is 17.0 Å². The fourth-order valence-corrected chi connectivity index (χ4v) is 1.26. The van der Waals surface area contributed by atoms with Crippen molar-refractivity contribution >= 4 is 34.4 Å². The smallest absolute Gasteiger partial charge is 0.297 e. The summed E-state index contributed by atoms with van der Waals surface area (Å²) in [5.74, 6) is 0. The third-order valence-electron chi connectivity index (χ3n) is 0.791. The molecule has 50 valence electrons. The number of carbonyl (C=O) groups is 1. The summed E-state index contributed by atoms with van der Waals surface area (Å²) in [7, 11) is 0. The van der Waals surface area contributed by atoms with Gasteiger partial charge in [0.25, 0.3) is 5.15 Å². The molecular weight excluding hydrogens is 174 g/mol. The first-order valence-corrected chi connectivity index (χ1v) is 3.44. The van der Waals surface area contributed by atoms with E-state index in [2.05, 4.69) is 9.96 Å². The maximum Gasteiger partial charge on any atom is 0.525 e. The molecule has 0 aromatic carbocycles. The zero-order chi connectivity index (χ0) is 7.56. The van der Waals surface area contributed by atoms with Crippen molar-refractivity contribution in [3.8, 4) is 0 Å². The molecule has 0 atom stereocenters. The van der Waals surface area contributed by atoms with Crippen molar-refractivity contribution in [2.24, 2.45) is 0 Å². The van der Waals surface area contributed by atoms with E-state index in [0.29, 0.717) is 6.29 Å². The Bertz CT molecular complexity index is 302. The molecule has 0 radical (unpaired) electrons. The van der Waals surface area contributed by atoms with Crippen molar-refractivity contribution in [1.29, 1.82) is 5.39 Å². The van der Waals surface area contributed by atoms with Crippen LogP contribution in [0.5, 0.6) is 0 Å². The number of carbonyl (C=O) groups excluding carboxylic acids is 1. The van der Waals surface area contributed by atoms with Crippen molar-refractivity contribution in [3.05, 3.63) is 15.0 Å². The molecule has 0 unspecified atom stereocenters. The van der Waals surface area contributed by atoms with Crippen LogP contribution >= 0.6 is 22.9 Å². The van der Waals surface area contributed by atoms with Gasteiger partial charge in [0.1, 0.15) is 4.88 Å². The van der Waals surface area contributed by atoms with E-state index in [1.807, 2.05) is 0 Å². The Kier molecular flexibility index (Phi) is 1.94. The van der Waals surface area contributed by atoms with Crippen LogP contribution < -0.4 is 0 Å². The molecule has 0 N–H and O–H groups in total. The second-order valence-electron chi connectivity index (χ2n) is 1.37. The lowest BCUT2D eigenvalue weighted by molar-refractivity contribution is 0.112. The third kappa shape index (κ3) is 1.12. The Morgan fingerprint density at radius 1 is 1.80 bits per heavy atom. The fourth-order valence-electron chi connectivity index (χ4n) is 0.418. The summed E-state index contributed by atoms with van der Waals surface area (Å²) in [5, 5.41) is 8.34. The Morgan fingerprint density at radius 3 is 2.80 bits per heavy atom. The minimum Gasteiger partial charge on any atom is -0.297 e. The first-order valence-electron chi connectivity index (χ1n) is 2.24. The molecule has 0 aliphatic rings. The van der Waals surface area contributed by atoms with Gasteiger partial charge >= 0.3 is 5.13 Å². The van der Waals surface area contributed by atoms with E-state index in [1.165, 1.54) is 0 Å². The van der Waals surface area contributed by atoms with E-state index in [-0.39, 0.29) is 15.2 Å². The predicted octanol–water partition coefficient (Wildman–Crippen LogP) is 2.09. The van der Waals surface area contributed by atoms with Crippen molar-refractivity contribution in [1.82, 2.24) is 4.98 Å². The molecule has 0 saturated heterocycles. The van der Waals surface area contributed by atoms with Gasteiger partial charge in [-0.25, -0.2) is 0 Å². The van der Waals surface area contributed by atoms with Crippen LogP contribution in [0.4, 0.5) is 5.13 Å². The molecule has 0 bridgehead atoms. The second-order valence-corrected chi connectivity index (χ2v) is 2.74. The van der Waals surface area contributed by atoms with Gasteiger partial charge in [-0.3, -0.25) is 4.79 Å². The van der Waals surface area contributed by atoms with Crippen LogP contribution in [-0.2, 0) is 0 Å². The molecule has 0 aliphatic carbocycles. The quantitative estimate of drug-likeness (QED) is 0.484. The number of thiazole rings is 1. The lowest BCUT2D eigenvalue weighted by Gasteiger charge is -1.67. The number of aromatic nitrogens is 1. The van der Waals surface area contributed by atoms with E-state index < -0.39 is 0 Å². The molecule has 1 rings (SSSR count). The van der Waals surface area contributed by atoms with E-state index in [0.717, 1.165) is 11.3 Å². The Hall–Kier alpha value is -0.990. The van der Waals surface area contributed by atoms with E-state index in [1.54, 1.807) is 0 Å². The maximum atomic E-state index is 10.1. The van der Waals surface area contributed by atoms with Crippen LogP contribution in [0.15, 0.2) is 0 Å². The van der Waals surface area contributed by atoms with E-state index >= 15 is 0 Å². The highest BCUT2D eigenvalue weighted by Gasteiger charge is 2.18. The monoisotopic (exact) mass is 174 g/mol. The van der Waals surface area contributed by atoms with Crippen LogP contribution in [0, 0.1) is 5.39 Å². The minimum atomic E-state index is 0.0767. The normalized spacial score (nSPS) is 8.80. The highest BCUT2D eigenvalue weighted by molar-refractivity contribution is 7.17. The van der Waals surface area contributed by atoms with Gasteiger partial charge < -0.3 is 0 Å². The number of aldehydes is 1. The standard InChI is InChI=1S/C4HClN3OS/c5-3-2(1-9)10-4(7-3)8-6/h1H/q+1. The van der Waals surface area contributed by atoms with Gasteiger partial charge in [0, 0.05) is 9.96 Å². The van der Waals surface area contributed by atoms with Crippen LogP contribution in [0.1, 0.15) is 9.67 Å². The topological polar surface area (TPSA) is 58.1 Å². The first-order chi connectivity index (χ1) is 4.77. The van der Waals surface area contributed by atoms with Gasteiger partial charge in [-0.1, -0.05) is 0 Å². The van der Waals surface area contributed by atoms with Crippen LogP contribution in [0.25, 0.3) is 4.98 Å². The molecule has 0 aliphatic heterocycles. The SMILES string of the molecule is N#[N+]c1nc(Cl)c(C=O)s1. The Balaban J connectivity index is 3.19. The van der Waals surface area contributed by atoms with Gasteiger partial charge in [0.15, 0.2) is 6.29 Å². The predicted molar refractivity (Wildman–Crippen MR) is 37.3 cm³/mol. The fraction of sp³-hybridized carbons (Fsp3) is 0. The van der Waals surface area contributed by atoms with Crippen molar-refractivity contribution in [2.75, 3.05) is 0 Å². The molecule has 10 heavy (non-hydrogen) atoms. The van der Waals surface area contributed by atoms with Gasteiger partial charge in [-0.15, -0.1) is 0 Å². The Morgan fingerprint density at radius 2 is 2.50 bits per heavy atom. The summed E-state index contributed by atoms with van der Waals surface area (Å²) in [4.78, 5) is 16.7. The summed E-state index contributed by atoms with van der Waals surface area (Å²) in [5.41, 5.74) is 0. The largest absolute Gasteiger partial charge is 0.525 e. The average Bonchev–Trinajstić information content (AvgIpc) is 2.30. The molecule has 6 heteroatoms. The zero-order valence-electron chi connectivity index (χ0n) is 4.61. The molecule has 0 spiro atoms. The lowest BCUT2D eigenvalue weighted by Crippen LogP contribution is -1.69. The summed E-state index contributed by atoms with van der Waals surface area (Å²) < 4.78 is 0. The number of rotatable bonds is 1. The summed E-state index contributed by atoms with van der Waals surface area (Å²) in [6.07, 6.45) is 0.564. The van der Waals surface area contributed by atoms with Gasteiger partial charge in [0.05, 0.1) is 5.39 Å². The van der Waals surface area contributed by atoms with Gasteiger partial charge in [-0.05, 0) is 22.9 Å². The lowest BCUT2D eigenvalue weighted by atomic mass is 10.6. The molecule has 0 saturated carbocycles. The number of hydrogen-bond donors (Lipinski definition) is 0. The van der Waals surface area contributed by atoms with Gasteiger partial charge in [0.2, 0.25) is 0 Å². The van der Waals surface area contributed by atoms with Crippen molar-refractivity contribution < 1.29 is 4.79 Å². The third-order valence-corrected chi connectivity index (χ3v) is 2.06. The van der Waals surface area contributed by atoms with Crippen molar-refractivity contribution in [2.45, 2.75) is 0 Å². The first kappa shape index (κ1) is 7.12. The molecule has 1 aromatic heterocycles. The van der Waals surface area contributed by atoms with Crippen LogP contribution in [-0.4, -0.2) is 11.3 Å². The molecule has 1 heterocycles. The molecule has 4 nitrogen and oxygen atoms in total. The number of diazo groups is 1. The average molecular weight is 175 g/mol. The van der Waals surface area contributed by atoms with Crippen molar-refractivity contribution in [3.63, 3.8) is 0 Å². The summed E-state index contributed by atoms with van der Waals surface area (Å²) in [6, 6.07) is 0. The van der Waals surface area contributed by atoms with Crippen LogP contribution in [0.3, 0.4) is 0 Å². The van der Waals surface area contributed by atoms with Gasteiger partial charge in [-0.2, -0.15) is 0 Å². The zero-order valence-corrected chi connectivity index (χ0v) is 6.19. The summed E-state index contributed by atoms with van der Waals surface area (Å²) >= 11 is 6.35. The maximum absolute atomic E-state index is 10.1. The highest BCUT2D eigenvalue weighted by Crippen LogP contribution is 2.26. The second kappa shape index (κ2) is 2.73. The summed E-state index contributed by atoms with van der Waals surface area (Å²) in [6.45, 7) is 0. The Labute approximate surface area is 65.1 Å². The molecule has 1 aromatic rings. The number of halogens is 1. The van der Waals surface area contributed by atoms with E-state index in [9.17, 15) is 4.79 Å².